The van der Waals surface area contributed by atoms with Gasteiger partial charge in [0.15, 0.2) is 0 Å². The van der Waals surface area contributed by atoms with Gasteiger partial charge in [0.25, 0.3) is 0 Å². The number of hydrogen-bond acceptors (Lipinski definition) is 1. The molecule has 0 heterocycles. The van der Waals surface area contributed by atoms with E-state index in [-0.39, 0.29) is 5.78 Å². The first-order valence-corrected chi connectivity index (χ1v) is 5.58. The van der Waals surface area contributed by atoms with Crippen molar-refractivity contribution in [1.29, 1.82) is 0 Å². The van der Waals surface area contributed by atoms with E-state index < -0.39 is 5.41 Å². The highest BCUT2D eigenvalue weighted by molar-refractivity contribution is 5.91. The van der Waals surface area contributed by atoms with Gasteiger partial charge in [-0.15, -0.1) is 0 Å². The Bertz CT molecular complexity index is 468. The molecule has 0 aliphatic heterocycles. The van der Waals surface area contributed by atoms with Crippen molar-refractivity contribution in [3.63, 3.8) is 0 Å². The summed E-state index contributed by atoms with van der Waals surface area (Å²) in [5.74, 6) is 0.207. The molecule has 2 rings (SSSR count). The van der Waals surface area contributed by atoms with Crippen molar-refractivity contribution in [1.82, 2.24) is 0 Å². The Balaban J connectivity index is 2.52. The zero-order valence-corrected chi connectivity index (χ0v) is 9.73. The maximum atomic E-state index is 11.9. The molecular formula is C15H16O. The van der Waals surface area contributed by atoms with E-state index in [1.165, 1.54) is 5.56 Å². The Morgan fingerprint density at radius 1 is 1.31 bits per heavy atom. The second-order valence-corrected chi connectivity index (χ2v) is 4.39. The standard InChI is InChI=1S/C15H16O/c1-12-7-6-8-14(11-12)15(13(2)16)9-4-3-5-10-15/h3-9,11H,10H2,1-2H3. The van der Waals surface area contributed by atoms with Gasteiger partial charge in [0.1, 0.15) is 5.78 Å². The highest BCUT2D eigenvalue weighted by atomic mass is 16.1. The lowest BCUT2D eigenvalue weighted by atomic mass is 9.72. The van der Waals surface area contributed by atoms with Crippen molar-refractivity contribution in [2.75, 3.05) is 0 Å². The zero-order valence-electron chi connectivity index (χ0n) is 9.73. The van der Waals surface area contributed by atoms with Crippen LogP contribution in [0.4, 0.5) is 0 Å². The molecule has 1 atom stereocenters. The lowest BCUT2D eigenvalue weighted by Gasteiger charge is -2.29. The van der Waals surface area contributed by atoms with Crippen molar-refractivity contribution < 1.29 is 4.79 Å². The predicted molar refractivity (Wildman–Crippen MR) is 66.4 cm³/mol. The highest BCUT2D eigenvalue weighted by Gasteiger charge is 2.34. The first kappa shape index (κ1) is 10.9. The van der Waals surface area contributed by atoms with E-state index in [0.29, 0.717) is 0 Å². The molecule has 0 bridgehead atoms. The number of Topliss-reactive ketones (excluding diaryl/α,β-unsaturated/α-hetero) is 1. The fourth-order valence-corrected chi connectivity index (χ4v) is 2.22. The molecule has 0 amide bonds. The minimum absolute atomic E-state index is 0.207. The second-order valence-electron chi connectivity index (χ2n) is 4.39. The van der Waals surface area contributed by atoms with Gasteiger partial charge in [-0.05, 0) is 25.8 Å². The molecule has 16 heavy (non-hydrogen) atoms. The van der Waals surface area contributed by atoms with Crippen LogP contribution in [-0.2, 0) is 10.2 Å². The number of allylic oxidation sites excluding steroid dienone is 4. The third kappa shape index (κ3) is 1.73. The highest BCUT2D eigenvalue weighted by Crippen LogP contribution is 2.34. The first-order chi connectivity index (χ1) is 7.65. The summed E-state index contributed by atoms with van der Waals surface area (Å²) in [6.45, 7) is 3.73. The van der Waals surface area contributed by atoms with Gasteiger partial charge >= 0.3 is 0 Å². The van der Waals surface area contributed by atoms with E-state index in [1.807, 2.05) is 30.4 Å². The fourth-order valence-electron chi connectivity index (χ4n) is 2.22. The van der Waals surface area contributed by atoms with Crippen molar-refractivity contribution >= 4 is 5.78 Å². The number of hydrogen-bond donors (Lipinski definition) is 0. The van der Waals surface area contributed by atoms with Gasteiger partial charge in [-0.1, -0.05) is 54.1 Å². The molecule has 0 N–H and O–H groups in total. The van der Waals surface area contributed by atoms with Crippen LogP contribution in [-0.4, -0.2) is 5.78 Å². The van der Waals surface area contributed by atoms with E-state index in [0.717, 1.165) is 12.0 Å². The zero-order chi connectivity index (χ0) is 11.6. The first-order valence-electron chi connectivity index (χ1n) is 5.58. The summed E-state index contributed by atoms with van der Waals surface area (Å²) in [7, 11) is 0. The summed E-state index contributed by atoms with van der Waals surface area (Å²) in [5, 5.41) is 0. The molecule has 1 nitrogen and oxygen atoms in total. The summed E-state index contributed by atoms with van der Waals surface area (Å²) in [5.41, 5.74) is 1.85. The lowest BCUT2D eigenvalue weighted by molar-refractivity contribution is -0.120. The van der Waals surface area contributed by atoms with Crippen LogP contribution in [0.5, 0.6) is 0 Å². The third-order valence-corrected chi connectivity index (χ3v) is 3.23. The number of rotatable bonds is 2. The van der Waals surface area contributed by atoms with E-state index in [2.05, 4.69) is 25.1 Å². The molecule has 0 saturated heterocycles. The van der Waals surface area contributed by atoms with E-state index >= 15 is 0 Å². The van der Waals surface area contributed by atoms with Crippen LogP contribution < -0.4 is 0 Å². The van der Waals surface area contributed by atoms with Crippen molar-refractivity contribution in [2.24, 2.45) is 0 Å². The summed E-state index contributed by atoms with van der Waals surface area (Å²) >= 11 is 0. The Morgan fingerprint density at radius 2 is 2.12 bits per heavy atom. The monoisotopic (exact) mass is 212 g/mol. The van der Waals surface area contributed by atoms with Crippen LogP contribution in [0.25, 0.3) is 0 Å². The summed E-state index contributed by atoms with van der Waals surface area (Å²) in [6.07, 6.45) is 8.81. The van der Waals surface area contributed by atoms with Crippen molar-refractivity contribution in [3.8, 4) is 0 Å². The van der Waals surface area contributed by atoms with Gasteiger partial charge in [0.2, 0.25) is 0 Å². The number of carbonyl (C=O) groups is 1. The molecule has 0 spiro atoms. The number of benzene rings is 1. The number of aryl methyl sites for hydroxylation is 1. The Hall–Kier alpha value is -1.63. The lowest BCUT2D eigenvalue weighted by Crippen LogP contribution is -2.32. The van der Waals surface area contributed by atoms with E-state index in [9.17, 15) is 4.79 Å². The molecule has 0 fully saturated rings. The topological polar surface area (TPSA) is 17.1 Å². The predicted octanol–water partition coefficient (Wildman–Crippen LogP) is 3.34. The molecule has 1 aliphatic rings. The molecule has 0 radical (unpaired) electrons. The molecule has 1 heteroatoms. The van der Waals surface area contributed by atoms with E-state index in [1.54, 1.807) is 6.92 Å². The molecule has 1 aromatic rings. The normalized spacial score (nSPS) is 23.4. The van der Waals surface area contributed by atoms with Gasteiger partial charge in [-0.2, -0.15) is 0 Å². The minimum atomic E-state index is -0.444. The molecule has 1 unspecified atom stereocenters. The van der Waals surface area contributed by atoms with Crippen LogP contribution in [0.2, 0.25) is 0 Å². The SMILES string of the molecule is CC(=O)C1(c2cccc(C)c2)C=CC=CC1. The van der Waals surface area contributed by atoms with Gasteiger partial charge in [0.05, 0.1) is 5.41 Å². The average Bonchev–Trinajstić information content (AvgIpc) is 2.30. The van der Waals surface area contributed by atoms with Crippen LogP contribution in [0.3, 0.4) is 0 Å². The van der Waals surface area contributed by atoms with Gasteiger partial charge < -0.3 is 0 Å². The maximum absolute atomic E-state index is 11.9. The van der Waals surface area contributed by atoms with Gasteiger partial charge in [-0.3, -0.25) is 4.79 Å². The molecular weight excluding hydrogens is 196 g/mol. The van der Waals surface area contributed by atoms with Crippen LogP contribution in [0.1, 0.15) is 24.5 Å². The summed E-state index contributed by atoms with van der Waals surface area (Å²) in [6, 6.07) is 8.21. The Labute approximate surface area is 96.5 Å². The molecule has 0 saturated carbocycles. The Morgan fingerprint density at radius 3 is 2.69 bits per heavy atom. The fraction of sp³-hybridized carbons (Fsp3) is 0.267. The van der Waals surface area contributed by atoms with E-state index in [4.69, 9.17) is 0 Å². The third-order valence-electron chi connectivity index (χ3n) is 3.23. The van der Waals surface area contributed by atoms with Crippen molar-refractivity contribution in [3.05, 3.63) is 59.7 Å². The smallest absolute Gasteiger partial charge is 0.144 e. The molecule has 1 aromatic carbocycles. The minimum Gasteiger partial charge on any atom is -0.299 e. The number of carbonyl (C=O) groups excluding carboxylic acids is 1. The van der Waals surface area contributed by atoms with Crippen LogP contribution in [0.15, 0.2) is 48.6 Å². The van der Waals surface area contributed by atoms with Crippen LogP contribution >= 0.6 is 0 Å². The quantitative estimate of drug-likeness (QED) is 0.734. The number of ketones is 1. The molecule has 0 aromatic heterocycles. The molecule has 82 valence electrons. The largest absolute Gasteiger partial charge is 0.299 e. The Kier molecular flexibility index (Phi) is 2.78. The average molecular weight is 212 g/mol. The summed E-state index contributed by atoms with van der Waals surface area (Å²) < 4.78 is 0. The van der Waals surface area contributed by atoms with Crippen molar-refractivity contribution in [2.45, 2.75) is 25.7 Å². The van der Waals surface area contributed by atoms with Crippen LogP contribution in [0, 0.1) is 6.92 Å². The molecule has 1 aliphatic carbocycles. The second kappa shape index (κ2) is 4.09. The van der Waals surface area contributed by atoms with Gasteiger partial charge in [0, 0.05) is 0 Å². The summed E-state index contributed by atoms with van der Waals surface area (Å²) in [4.78, 5) is 11.9. The maximum Gasteiger partial charge on any atom is 0.144 e. The van der Waals surface area contributed by atoms with Gasteiger partial charge in [-0.25, -0.2) is 0 Å².